The summed E-state index contributed by atoms with van der Waals surface area (Å²) in [6.45, 7) is 1.28. The maximum absolute atomic E-state index is 12.0. The van der Waals surface area contributed by atoms with Gasteiger partial charge in [0, 0.05) is 18.7 Å². The summed E-state index contributed by atoms with van der Waals surface area (Å²) in [4.78, 5) is 29.8. The van der Waals surface area contributed by atoms with Crippen LogP contribution in [-0.2, 0) is 9.59 Å². The van der Waals surface area contributed by atoms with E-state index in [-0.39, 0.29) is 29.2 Å². The Labute approximate surface area is 119 Å². The van der Waals surface area contributed by atoms with Crippen LogP contribution in [0.4, 0.5) is 5.69 Å². The number of carbonyl (C=O) groups excluding carboxylic acids is 2. The number of amides is 2. The van der Waals surface area contributed by atoms with Crippen LogP contribution < -0.4 is 5.32 Å². The Kier molecular flexibility index (Phi) is 3.35. The fourth-order valence-electron chi connectivity index (χ4n) is 2.14. The Morgan fingerprint density at radius 3 is 2.90 bits per heavy atom. The van der Waals surface area contributed by atoms with E-state index < -0.39 is 0 Å². The molecular weight excluding hydrogens is 278 g/mol. The topological polar surface area (TPSA) is 82.0 Å². The molecule has 0 unspecified atom stereocenters. The zero-order chi connectivity index (χ0) is 14.1. The largest absolute Gasteiger partial charge is 0.508 e. The van der Waals surface area contributed by atoms with Crippen molar-refractivity contribution in [2.24, 2.45) is 4.99 Å². The van der Waals surface area contributed by atoms with Gasteiger partial charge < -0.3 is 10.4 Å². The predicted molar refractivity (Wildman–Crippen MR) is 76.7 cm³/mol. The van der Waals surface area contributed by atoms with Crippen molar-refractivity contribution in [3.63, 3.8) is 0 Å². The van der Waals surface area contributed by atoms with Gasteiger partial charge in [-0.05, 0) is 24.3 Å². The molecule has 3 rings (SSSR count). The first-order valence-electron chi connectivity index (χ1n) is 6.25. The third kappa shape index (κ3) is 2.49. The summed E-state index contributed by atoms with van der Waals surface area (Å²) < 4.78 is 0. The number of phenolic OH excluding ortho intramolecular Hbond substituents is 1. The van der Waals surface area contributed by atoms with Gasteiger partial charge in [-0.15, -0.1) is 0 Å². The molecule has 1 fully saturated rings. The van der Waals surface area contributed by atoms with Gasteiger partial charge >= 0.3 is 0 Å². The molecule has 2 heterocycles. The summed E-state index contributed by atoms with van der Waals surface area (Å²) in [6, 6.07) is 6.21. The second kappa shape index (κ2) is 5.16. The fraction of sp³-hybridized carbons (Fsp3) is 0.308. The summed E-state index contributed by atoms with van der Waals surface area (Å²) >= 11 is 1.36. The molecule has 0 aromatic heterocycles. The molecule has 0 saturated carbocycles. The normalized spacial score (nSPS) is 20.8. The van der Waals surface area contributed by atoms with Crippen molar-refractivity contribution in [1.29, 1.82) is 0 Å². The third-order valence-electron chi connectivity index (χ3n) is 3.11. The average Bonchev–Trinajstić information content (AvgIpc) is 2.97. The van der Waals surface area contributed by atoms with Crippen molar-refractivity contribution in [2.75, 3.05) is 18.4 Å². The van der Waals surface area contributed by atoms with Crippen LogP contribution >= 0.6 is 11.8 Å². The van der Waals surface area contributed by atoms with Crippen molar-refractivity contribution in [3.05, 3.63) is 24.3 Å². The standard InChI is InChI=1S/C13H13N3O3S/c17-9-3-1-8(2-4-9)15-11(18)7-10-12(19)16-6-5-14-13(16)20-10/h1-4,10,17H,5-7H2,(H,15,18)/t10-/m1/s1. The summed E-state index contributed by atoms with van der Waals surface area (Å²) in [7, 11) is 0. The Morgan fingerprint density at radius 1 is 1.45 bits per heavy atom. The SMILES string of the molecule is O=C(C[C@H]1SC2=NCCN2C1=O)Nc1ccc(O)cc1. The van der Waals surface area contributed by atoms with Crippen molar-refractivity contribution in [1.82, 2.24) is 4.90 Å². The third-order valence-corrected chi connectivity index (χ3v) is 4.33. The second-order valence-electron chi connectivity index (χ2n) is 4.56. The molecule has 2 aliphatic rings. The number of benzene rings is 1. The highest BCUT2D eigenvalue weighted by atomic mass is 32.2. The minimum absolute atomic E-state index is 0.0351. The molecule has 1 atom stereocenters. The average molecular weight is 291 g/mol. The van der Waals surface area contributed by atoms with Crippen molar-refractivity contribution < 1.29 is 14.7 Å². The van der Waals surface area contributed by atoms with Gasteiger partial charge in [0.15, 0.2) is 5.17 Å². The Morgan fingerprint density at radius 2 is 2.20 bits per heavy atom. The summed E-state index contributed by atoms with van der Waals surface area (Å²) in [5, 5.41) is 12.2. The highest BCUT2D eigenvalue weighted by Crippen LogP contribution is 2.31. The van der Waals surface area contributed by atoms with Gasteiger partial charge in [0.1, 0.15) is 11.0 Å². The van der Waals surface area contributed by atoms with E-state index in [1.54, 1.807) is 17.0 Å². The van der Waals surface area contributed by atoms with E-state index in [0.717, 1.165) is 5.17 Å². The van der Waals surface area contributed by atoms with Crippen LogP contribution in [0.2, 0.25) is 0 Å². The molecule has 0 radical (unpaired) electrons. The number of amidine groups is 1. The number of hydrogen-bond donors (Lipinski definition) is 2. The molecule has 0 bridgehead atoms. The lowest BCUT2D eigenvalue weighted by molar-refractivity contribution is -0.127. The number of nitrogens with one attached hydrogen (secondary N) is 1. The maximum atomic E-state index is 12.0. The number of hydrogen-bond acceptors (Lipinski definition) is 5. The summed E-state index contributed by atoms with van der Waals surface area (Å²) in [6.07, 6.45) is 0.125. The number of fused-ring (bicyclic) bond motifs is 1. The Hall–Kier alpha value is -2.02. The lowest BCUT2D eigenvalue weighted by atomic mass is 10.2. The molecule has 7 heteroatoms. The van der Waals surface area contributed by atoms with E-state index in [4.69, 9.17) is 5.11 Å². The quantitative estimate of drug-likeness (QED) is 0.815. The minimum atomic E-state index is -0.383. The van der Waals surface area contributed by atoms with Crippen molar-refractivity contribution >= 4 is 34.4 Å². The van der Waals surface area contributed by atoms with Crippen molar-refractivity contribution in [2.45, 2.75) is 11.7 Å². The summed E-state index contributed by atoms with van der Waals surface area (Å²) in [5.41, 5.74) is 0.598. The first-order chi connectivity index (χ1) is 9.63. The van der Waals surface area contributed by atoms with Crippen LogP contribution in [0.25, 0.3) is 0 Å². The molecule has 1 aromatic rings. The van der Waals surface area contributed by atoms with E-state index >= 15 is 0 Å². The van der Waals surface area contributed by atoms with Crippen LogP contribution in [0.3, 0.4) is 0 Å². The van der Waals surface area contributed by atoms with Gasteiger partial charge in [-0.3, -0.25) is 19.5 Å². The number of aliphatic imine (C=N–C) groups is 1. The minimum Gasteiger partial charge on any atom is -0.508 e. The molecule has 2 N–H and O–H groups in total. The monoisotopic (exact) mass is 291 g/mol. The van der Waals surface area contributed by atoms with Gasteiger partial charge in [0.05, 0.1) is 6.54 Å². The number of nitrogens with zero attached hydrogens (tertiary/aromatic N) is 2. The number of anilines is 1. The van der Waals surface area contributed by atoms with E-state index in [9.17, 15) is 9.59 Å². The molecule has 1 aromatic carbocycles. The van der Waals surface area contributed by atoms with Crippen LogP contribution in [0.15, 0.2) is 29.3 Å². The fourth-order valence-corrected chi connectivity index (χ4v) is 3.33. The number of aromatic hydroxyl groups is 1. The number of thioether (sulfide) groups is 1. The second-order valence-corrected chi connectivity index (χ2v) is 5.73. The van der Waals surface area contributed by atoms with Crippen LogP contribution in [0.1, 0.15) is 6.42 Å². The van der Waals surface area contributed by atoms with E-state index in [1.165, 1.54) is 23.9 Å². The molecule has 2 aliphatic heterocycles. The molecule has 6 nitrogen and oxygen atoms in total. The number of carbonyl (C=O) groups is 2. The van der Waals surface area contributed by atoms with E-state index in [2.05, 4.69) is 10.3 Å². The zero-order valence-corrected chi connectivity index (χ0v) is 11.4. The van der Waals surface area contributed by atoms with Crippen LogP contribution in [0, 0.1) is 0 Å². The zero-order valence-electron chi connectivity index (χ0n) is 10.6. The molecule has 0 aliphatic carbocycles. The van der Waals surface area contributed by atoms with E-state index in [0.29, 0.717) is 18.8 Å². The Bertz CT molecular complexity index is 585. The van der Waals surface area contributed by atoms with Crippen molar-refractivity contribution in [3.8, 4) is 5.75 Å². The lowest BCUT2D eigenvalue weighted by Gasteiger charge is -2.10. The lowest BCUT2D eigenvalue weighted by Crippen LogP contribution is -2.32. The van der Waals surface area contributed by atoms with Gasteiger partial charge in [0.25, 0.3) is 0 Å². The molecule has 2 amide bonds. The number of rotatable bonds is 3. The van der Waals surface area contributed by atoms with Gasteiger partial charge in [-0.25, -0.2) is 0 Å². The molecule has 104 valence electrons. The molecule has 1 saturated heterocycles. The maximum Gasteiger partial charge on any atom is 0.242 e. The van der Waals surface area contributed by atoms with Crippen LogP contribution in [-0.4, -0.2) is 45.3 Å². The first-order valence-corrected chi connectivity index (χ1v) is 7.13. The highest BCUT2D eigenvalue weighted by molar-refractivity contribution is 8.15. The predicted octanol–water partition coefficient (Wildman–Crippen LogP) is 1.03. The van der Waals surface area contributed by atoms with Gasteiger partial charge in [0.2, 0.25) is 11.8 Å². The Balaban J connectivity index is 1.59. The van der Waals surface area contributed by atoms with Gasteiger partial charge in [-0.2, -0.15) is 0 Å². The molecular formula is C13H13N3O3S. The van der Waals surface area contributed by atoms with Crippen LogP contribution in [0.5, 0.6) is 5.75 Å². The molecule has 0 spiro atoms. The summed E-state index contributed by atoms with van der Waals surface area (Å²) in [5.74, 6) is -0.112. The van der Waals surface area contributed by atoms with E-state index in [1.807, 2.05) is 0 Å². The highest BCUT2D eigenvalue weighted by Gasteiger charge is 2.40. The molecule has 20 heavy (non-hydrogen) atoms. The smallest absolute Gasteiger partial charge is 0.242 e. The van der Waals surface area contributed by atoms with Gasteiger partial charge in [-0.1, -0.05) is 11.8 Å². The number of phenols is 1. The first kappa shape index (κ1) is 13.0.